The summed E-state index contributed by atoms with van der Waals surface area (Å²) in [4.78, 5) is 14.8. The van der Waals surface area contributed by atoms with Gasteiger partial charge in [0.25, 0.3) is 0 Å². The molecule has 1 N–H and O–H groups in total. The number of nitrogens with one attached hydrogen (secondary N) is 1. The number of halogens is 1. The van der Waals surface area contributed by atoms with E-state index in [4.69, 9.17) is 4.74 Å². The fourth-order valence-electron chi connectivity index (χ4n) is 3.93. The number of piperidine rings is 3. The summed E-state index contributed by atoms with van der Waals surface area (Å²) in [6.07, 6.45) is 2.77. The van der Waals surface area contributed by atoms with Crippen LogP contribution in [0.25, 0.3) is 0 Å². The zero-order valence-electron chi connectivity index (χ0n) is 14.8. The second-order valence-electron chi connectivity index (χ2n) is 7.03. The summed E-state index contributed by atoms with van der Waals surface area (Å²) in [6.45, 7) is 3.17. The predicted octanol–water partition coefficient (Wildman–Crippen LogP) is 4.50. The molecule has 3 aliphatic heterocycles. The van der Waals surface area contributed by atoms with Crippen molar-refractivity contribution in [2.75, 3.05) is 25.0 Å². The number of anilines is 1. The lowest BCUT2D eigenvalue weighted by Gasteiger charge is -2.43. The number of hydrogen-bond donors (Lipinski definition) is 1. The smallest absolute Gasteiger partial charge is 0.411 e. The maximum Gasteiger partial charge on any atom is 0.411 e. The summed E-state index contributed by atoms with van der Waals surface area (Å²) in [6, 6.07) is 18.2. The molecule has 3 fully saturated rings. The van der Waals surface area contributed by atoms with Crippen LogP contribution in [0.2, 0.25) is 0 Å². The summed E-state index contributed by atoms with van der Waals surface area (Å²) in [5, 5.41) is 2.96. The van der Waals surface area contributed by atoms with E-state index in [1.165, 1.54) is 5.56 Å². The molecular weight excluding hydrogens is 392 g/mol. The molecule has 4 nitrogen and oxygen atoms in total. The van der Waals surface area contributed by atoms with Gasteiger partial charge in [-0.2, -0.15) is 0 Å². The van der Waals surface area contributed by atoms with Crippen LogP contribution < -0.4 is 5.32 Å². The number of ether oxygens (including phenoxy) is 1. The maximum absolute atomic E-state index is 12.4. The van der Waals surface area contributed by atoms with Crippen molar-refractivity contribution >= 4 is 28.8 Å². The molecule has 1 atom stereocenters. The normalized spacial score (nSPS) is 23.8. The molecule has 0 aromatic heterocycles. The first-order valence-corrected chi connectivity index (χ1v) is 9.10. The number of para-hydroxylation sites is 1. The summed E-state index contributed by atoms with van der Waals surface area (Å²) in [7, 11) is 0. The van der Waals surface area contributed by atoms with E-state index in [2.05, 4.69) is 28.4 Å². The lowest BCUT2D eigenvalue weighted by molar-refractivity contribution is -0.0289. The minimum atomic E-state index is -0.334. The molecule has 1 unspecified atom stereocenters. The quantitative estimate of drug-likeness (QED) is 0.797. The van der Waals surface area contributed by atoms with Gasteiger partial charge in [0, 0.05) is 12.2 Å². The fourth-order valence-corrected chi connectivity index (χ4v) is 3.93. The van der Waals surface area contributed by atoms with Gasteiger partial charge >= 0.3 is 6.09 Å². The van der Waals surface area contributed by atoms with Gasteiger partial charge in [-0.05, 0) is 55.5 Å². The number of carbonyl (C=O) groups is 1. The molecule has 5 heteroatoms. The minimum absolute atomic E-state index is 0. The van der Waals surface area contributed by atoms with Crippen LogP contribution in [0.3, 0.4) is 0 Å². The number of hydrogen-bond acceptors (Lipinski definition) is 3. The largest absolute Gasteiger partial charge is 0.444 e. The Labute approximate surface area is 165 Å². The summed E-state index contributed by atoms with van der Waals surface area (Å²) in [5.74, 6) is 0.523. The Morgan fingerprint density at radius 2 is 1.73 bits per heavy atom. The monoisotopic (exact) mass is 416 g/mol. The number of benzene rings is 2. The van der Waals surface area contributed by atoms with E-state index in [0.29, 0.717) is 5.92 Å². The Morgan fingerprint density at radius 3 is 2.42 bits per heavy atom. The maximum atomic E-state index is 12.4. The molecule has 3 heterocycles. The highest BCUT2D eigenvalue weighted by Crippen LogP contribution is 2.30. The van der Waals surface area contributed by atoms with E-state index in [1.807, 2.05) is 36.4 Å². The lowest BCUT2D eigenvalue weighted by atomic mass is 9.86. The van der Waals surface area contributed by atoms with Gasteiger partial charge in [0.15, 0.2) is 0 Å². The van der Waals surface area contributed by atoms with Gasteiger partial charge in [-0.25, -0.2) is 4.79 Å². The first-order chi connectivity index (χ1) is 12.3. The van der Waals surface area contributed by atoms with Crippen molar-refractivity contribution in [2.24, 2.45) is 5.92 Å². The number of carbonyl (C=O) groups excluding carboxylic acids is 1. The lowest BCUT2D eigenvalue weighted by Crippen LogP contribution is -2.52. The van der Waals surface area contributed by atoms with Crippen LogP contribution in [0.1, 0.15) is 24.0 Å². The predicted molar refractivity (Wildman–Crippen MR) is 109 cm³/mol. The van der Waals surface area contributed by atoms with Gasteiger partial charge < -0.3 is 4.74 Å². The zero-order valence-corrected chi connectivity index (χ0v) is 16.5. The summed E-state index contributed by atoms with van der Waals surface area (Å²) in [5.41, 5.74) is 3.15. The molecule has 3 saturated heterocycles. The number of nitrogens with zero attached hydrogens (tertiary/aromatic N) is 1. The molecule has 2 bridgehead atoms. The highest BCUT2D eigenvalue weighted by atomic mass is 79.9. The SMILES string of the molecule is Br.O=C(Nc1ccccc1Cc1ccccc1)OC1CN2CCC1CC2. The number of amides is 1. The van der Waals surface area contributed by atoms with Gasteiger partial charge in [-0.15, -0.1) is 17.0 Å². The van der Waals surface area contributed by atoms with E-state index in [0.717, 1.165) is 50.1 Å². The zero-order chi connectivity index (χ0) is 17.1. The molecule has 2 aromatic carbocycles. The number of fused-ring (bicyclic) bond motifs is 3. The van der Waals surface area contributed by atoms with E-state index < -0.39 is 0 Å². The van der Waals surface area contributed by atoms with Crippen LogP contribution in [0.4, 0.5) is 10.5 Å². The van der Waals surface area contributed by atoms with Crippen LogP contribution in [0.15, 0.2) is 54.6 Å². The molecule has 0 aliphatic carbocycles. The molecule has 0 spiro atoms. The Kier molecular flexibility index (Phi) is 6.33. The second-order valence-corrected chi connectivity index (χ2v) is 7.03. The standard InChI is InChI=1S/C21H24N2O2.BrH/c24-21(25-20-15-23-12-10-17(20)11-13-23)22-19-9-5-4-8-18(19)14-16-6-2-1-3-7-16;/h1-9,17,20H,10-15H2,(H,22,24);1H. The molecule has 2 aromatic rings. The van der Waals surface area contributed by atoms with E-state index in [-0.39, 0.29) is 29.2 Å². The Balaban J connectivity index is 0.00000196. The molecule has 0 saturated carbocycles. The van der Waals surface area contributed by atoms with Crippen molar-refractivity contribution in [3.8, 4) is 0 Å². The minimum Gasteiger partial charge on any atom is -0.444 e. The molecule has 3 aliphatic rings. The fraction of sp³-hybridized carbons (Fsp3) is 0.381. The van der Waals surface area contributed by atoms with Crippen molar-refractivity contribution in [1.29, 1.82) is 0 Å². The second kappa shape index (κ2) is 8.69. The number of rotatable bonds is 4. The highest BCUT2D eigenvalue weighted by Gasteiger charge is 2.36. The Hall–Kier alpha value is -1.85. The van der Waals surface area contributed by atoms with E-state index in [1.54, 1.807) is 0 Å². The molecule has 26 heavy (non-hydrogen) atoms. The van der Waals surface area contributed by atoms with Gasteiger partial charge in [0.1, 0.15) is 6.10 Å². The first-order valence-electron chi connectivity index (χ1n) is 9.10. The summed E-state index contributed by atoms with van der Waals surface area (Å²) >= 11 is 0. The molecular formula is C21H25BrN2O2. The van der Waals surface area contributed by atoms with Crippen molar-refractivity contribution < 1.29 is 9.53 Å². The molecule has 5 rings (SSSR count). The van der Waals surface area contributed by atoms with Crippen LogP contribution >= 0.6 is 17.0 Å². The average Bonchev–Trinajstić information content (AvgIpc) is 2.65. The third-order valence-corrected chi connectivity index (χ3v) is 5.35. The van der Waals surface area contributed by atoms with Crippen molar-refractivity contribution in [2.45, 2.75) is 25.4 Å². The van der Waals surface area contributed by atoms with E-state index >= 15 is 0 Å². The highest BCUT2D eigenvalue weighted by molar-refractivity contribution is 8.93. The van der Waals surface area contributed by atoms with Crippen LogP contribution in [0.5, 0.6) is 0 Å². The van der Waals surface area contributed by atoms with Crippen molar-refractivity contribution in [1.82, 2.24) is 4.90 Å². The Bertz CT molecular complexity index is 730. The molecule has 0 radical (unpaired) electrons. The van der Waals surface area contributed by atoms with E-state index in [9.17, 15) is 4.79 Å². The van der Waals surface area contributed by atoms with Crippen LogP contribution in [-0.4, -0.2) is 36.7 Å². The molecule has 138 valence electrons. The van der Waals surface area contributed by atoms with Gasteiger partial charge in [-0.3, -0.25) is 10.2 Å². The molecule has 1 amide bonds. The third kappa shape index (κ3) is 4.46. The van der Waals surface area contributed by atoms with Gasteiger partial charge in [-0.1, -0.05) is 48.5 Å². The third-order valence-electron chi connectivity index (χ3n) is 5.35. The van der Waals surface area contributed by atoms with Gasteiger partial charge in [0.2, 0.25) is 0 Å². The van der Waals surface area contributed by atoms with Crippen molar-refractivity contribution in [3.05, 3.63) is 65.7 Å². The first kappa shape index (κ1) is 18.9. The Morgan fingerprint density at radius 1 is 1.04 bits per heavy atom. The topological polar surface area (TPSA) is 41.6 Å². The van der Waals surface area contributed by atoms with Crippen LogP contribution in [-0.2, 0) is 11.2 Å². The average molecular weight is 417 g/mol. The summed E-state index contributed by atoms with van der Waals surface area (Å²) < 4.78 is 5.74. The van der Waals surface area contributed by atoms with Crippen LogP contribution in [0, 0.1) is 5.92 Å². The van der Waals surface area contributed by atoms with Crippen molar-refractivity contribution in [3.63, 3.8) is 0 Å². The van der Waals surface area contributed by atoms with Gasteiger partial charge in [0.05, 0.1) is 0 Å².